The molecule has 28 heavy (non-hydrogen) atoms. The quantitative estimate of drug-likeness (QED) is 0.258. The third kappa shape index (κ3) is 8.44. The van der Waals surface area contributed by atoms with Crippen molar-refractivity contribution in [3.8, 4) is 0 Å². The zero-order valence-electron chi connectivity index (χ0n) is 16.2. The minimum atomic E-state index is 0. The van der Waals surface area contributed by atoms with E-state index in [-0.39, 0.29) is 22.7 Å². The number of hydrogen-bond donors (Lipinski definition) is 0. The van der Waals surface area contributed by atoms with E-state index in [2.05, 4.69) is 13.0 Å². The van der Waals surface area contributed by atoms with Crippen molar-refractivity contribution in [1.82, 2.24) is 4.90 Å². The first-order valence-electron chi connectivity index (χ1n) is 9.29. The number of allylic oxidation sites excluding steroid dienone is 4. The molecule has 0 bridgehead atoms. The van der Waals surface area contributed by atoms with E-state index in [9.17, 15) is 4.79 Å². The van der Waals surface area contributed by atoms with E-state index in [0.29, 0.717) is 11.4 Å². The number of carbonyl (C=O) groups is 1. The van der Waals surface area contributed by atoms with Gasteiger partial charge in [-0.15, -0.1) is 18.3 Å². The molecule has 0 aliphatic carbocycles. The van der Waals surface area contributed by atoms with Crippen LogP contribution in [0.1, 0.15) is 31.7 Å². The molecule has 0 saturated carbocycles. The number of carbonyl (C=O) groups excluding carboxylic acids is 1. The Labute approximate surface area is 189 Å². The van der Waals surface area contributed by atoms with Gasteiger partial charge in [0.25, 0.3) is 0 Å². The maximum absolute atomic E-state index is 13.0. The molecule has 1 heterocycles. The molecule has 0 spiro atoms. The molecule has 1 aromatic rings. The van der Waals surface area contributed by atoms with E-state index < -0.39 is 0 Å². The number of benzene rings is 1. The van der Waals surface area contributed by atoms with Crippen molar-refractivity contribution in [3.05, 3.63) is 82.6 Å². The second-order valence-electron chi connectivity index (χ2n) is 6.32. The number of piperidine rings is 1. The van der Waals surface area contributed by atoms with Crippen molar-refractivity contribution in [2.24, 2.45) is 0 Å². The maximum Gasteiger partial charge on any atom is 0.247 e. The summed E-state index contributed by atoms with van der Waals surface area (Å²) in [5.41, 5.74) is 1.69. The fourth-order valence-electron chi connectivity index (χ4n) is 2.79. The van der Waals surface area contributed by atoms with Gasteiger partial charge in [-0.05, 0) is 37.1 Å². The number of amides is 1. The van der Waals surface area contributed by atoms with Crippen molar-refractivity contribution >= 4 is 35.3 Å². The molecule has 1 aliphatic heterocycles. The van der Waals surface area contributed by atoms with Crippen molar-refractivity contribution in [1.29, 1.82) is 0 Å². The van der Waals surface area contributed by atoms with Crippen LogP contribution in [0.4, 0.5) is 0 Å². The zero-order valence-corrected chi connectivity index (χ0v) is 18.8. The van der Waals surface area contributed by atoms with Gasteiger partial charge in [0, 0.05) is 44.6 Å². The Morgan fingerprint density at radius 1 is 1.36 bits per heavy atom. The predicted molar refractivity (Wildman–Crippen MR) is 120 cm³/mol. The van der Waals surface area contributed by atoms with Gasteiger partial charge >= 0.3 is 0 Å². The number of rotatable bonds is 8. The number of likely N-dealkylation sites (tertiary alicyclic amines) is 1. The van der Waals surface area contributed by atoms with Gasteiger partial charge in [0.1, 0.15) is 0 Å². The van der Waals surface area contributed by atoms with Crippen molar-refractivity contribution in [2.45, 2.75) is 26.2 Å². The Hall–Kier alpha value is -1.20. The second kappa shape index (κ2) is 13.9. The summed E-state index contributed by atoms with van der Waals surface area (Å²) in [7, 11) is 0. The molecule has 5 heteroatoms. The largest absolute Gasteiger partial charge is 0.369 e. The minimum absolute atomic E-state index is 0. The number of nitrogens with zero attached hydrogens (tertiary/aromatic N) is 1. The fraction of sp³-hybridized carbons (Fsp3) is 0.304. The molecular formula is C23H27ClCoNOS-. The molecule has 1 radical (unpaired) electrons. The summed E-state index contributed by atoms with van der Waals surface area (Å²) in [4.78, 5) is 16.0. The van der Waals surface area contributed by atoms with Crippen LogP contribution in [0.5, 0.6) is 0 Å². The monoisotopic (exact) mass is 459 g/mol. The fourth-order valence-corrected chi connectivity index (χ4v) is 3.74. The van der Waals surface area contributed by atoms with Gasteiger partial charge in [-0.3, -0.25) is 4.79 Å². The van der Waals surface area contributed by atoms with Crippen LogP contribution in [0.3, 0.4) is 0 Å². The Balaban J connectivity index is 0.00000392. The standard InChI is InChI=1S/C23H27ClNOS.Co/c1-3-4-6-11-19(2)27-17-14-21(18-20-12-7-8-13-22(20)24)23(26)25-15-9-5-10-16-25;/h3-4,6-9,11-13,18H,2,5,10,14-17H2,1H3;/q-1;/b4-3-,11-6-,21-18+;. The average Bonchev–Trinajstić information content (AvgIpc) is 2.69. The van der Waals surface area contributed by atoms with Gasteiger partial charge in [-0.1, -0.05) is 61.0 Å². The number of thioether (sulfide) groups is 1. The molecule has 2 nitrogen and oxygen atoms in total. The first kappa shape index (κ1) is 24.8. The van der Waals surface area contributed by atoms with Gasteiger partial charge < -0.3 is 11.3 Å². The van der Waals surface area contributed by atoms with Crippen LogP contribution >= 0.6 is 23.4 Å². The molecule has 2 rings (SSSR count). The molecule has 0 aromatic heterocycles. The van der Waals surface area contributed by atoms with Crippen LogP contribution in [0, 0.1) is 6.42 Å². The van der Waals surface area contributed by atoms with Crippen molar-refractivity contribution in [3.63, 3.8) is 0 Å². The van der Waals surface area contributed by atoms with Gasteiger partial charge in [-0.25, -0.2) is 0 Å². The second-order valence-corrected chi connectivity index (χ2v) is 7.95. The third-order valence-electron chi connectivity index (χ3n) is 4.23. The van der Waals surface area contributed by atoms with Gasteiger partial charge in [-0.2, -0.15) is 6.42 Å². The smallest absolute Gasteiger partial charge is 0.247 e. The molecule has 0 atom stereocenters. The molecular weight excluding hydrogens is 433 g/mol. The topological polar surface area (TPSA) is 20.3 Å². The van der Waals surface area contributed by atoms with Crippen LogP contribution in [0.25, 0.3) is 6.08 Å². The van der Waals surface area contributed by atoms with Crippen LogP contribution in [0.15, 0.2) is 65.6 Å². The SMILES string of the molecule is C=C(/C=C\C=C/C)SCC/C(=C\c1ccccc1Cl)C(=O)N1C[CH-]CCC1.[Co]. The maximum atomic E-state index is 13.0. The van der Waals surface area contributed by atoms with Gasteiger partial charge in [0.2, 0.25) is 5.91 Å². The van der Waals surface area contributed by atoms with Gasteiger partial charge in [0.05, 0.1) is 0 Å². The Morgan fingerprint density at radius 3 is 2.82 bits per heavy atom. The van der Waals surface area contributed by atoms with E-state index in [1.165, 1.54) is 0 Å². The molecule has 1 aromatic carbocycles. The first-order chi connectivity index (χ1) is 13.1. The molecule has 0 unspecified atom stereocenters. The first-order valence-corrected chi connectivity index (χ1v) is 10.6. The van der Waals surface area contributed by atoms with Gasteiger partial charge in [0.15, 0.2) is 0 Å². The normalized spacial score (nSPS) is 15.1. The molecule has 1 fully saturated rings. The van der Waals surface area contributed by atoms with E-state index in [4.69, 9.17) is 11.6 Å². The van der Waals surface area contributed by atoms with Crippen LogP contribution in [-0.2, 0) is 21.6 Å². The van der Waals surface area contributed by atoms with Crippen molar-refractivity contribution < 1.29 is 21.6 Å². The Kier molecular flexibility index (Phi) is 12.3. The molecule has 1 aliphatic rings. The van der Waals surface area contributed by atoms with E-state index >= 15 is 0 Å². The molecule has 0 N–H and O–H groups in total. The average molecular weight is 460 g/mol. The number of hydrogen-bond acceptors (Lipinski definition) is 2. The van der Waals surface area contributed by atoms with E-state index in [1.807, 2.05) is 66.5 Å². The van der Waals surface area contributed by atoms with Crippen LogP contribution in [-0.4, -0.2) is 29.6 Å². The zero-order chi connectivity index (χ0) is 19.5. The summed E-state index contributed by atoms with van der Waals surface area (Å²) in [6, 6.07) is 7.64. The Bertz CT molecular complexity index is 736. The molecule has 153 valence electrons. The molecule has 1 saturated heterocycles. The van der Waals surface area contributed by atoms with E-state index in [0.717, 1.165) is 47.7 Å². The van der Waals surface area contributed by atoms with Crippen LogP contribution < -0.4 is 0 Å². The predicted octanol–water partition coefficient (Wildman–Crippen LogP) is 6.32. The summed E-state index contributed by atoms with van der Waals surface area (Å²) < 4.78 is 0. The summed E-state index contributed by atoms with van der Waals surface area (Å²) in [5.74, 6) is 0.917. The minimum Gasteiger partial charge on any atom is -0.369 e. The summed E-state index contributed by atoms with van der Waals surface area (Å²) in [5, 5.41) is 0.666. The third-order valence-corrected chi connectivity index (χ3v) is 5.49. The van der Waals surface area contributed by atoms with E-state index in [1.54, 1.807) is 11.8 Å². The molecule has 1 amide bonds. The summed E-state index contributed by atoms with van der Waals surface area (Å²) >= 11 is 7.97. The summed E-state index contributed by atoms with van der Waals surface area (Å²) in [6.45, 7) is 7.59. The number of halogens is 1. The summed E-state index contributed by atoms with van der Waals surface area (Å²) in [6.07, 6.45) is 14.8. The van der Waals surface area contributed by atoms with Crippen molar-refractivity contribution in [2.75, 3.05) is 18.8 Å². The van der Waals surface area contributed by atoms with Crippen LogP contribution in [0.2, 0.25) is 5.02 Å². The Morgan fingerprint density at radius 2 is 2.14 bits per heavy atom.